The lowest BCUT2D eigenvalue weighted by atomic mass is 9.73. The third-order valence-electron chi connectivity index (χ3n) is 12.2. The zero-order valence-corrected chi connectivity index (χ0v) is 37.5. The Kier molecular flexibility index (Phi) is 14.9. The van der Waals surface area contributed by atoms with E-state index >= 15 is 0 Å². The minimum atomic E-state index is -1.37. The van der Waals surface area contributed by atoms with Gasteiger partial charge in [0, 0.05) is 42.3 Å². The van der Waals surface area contributed by atoms with Gasteiger partial charge in [0.2, 0.25) is 5.91 Å². The molecule has 4 aliphatic rings. The van der Waals surface area contributed by atoms with Crippen molar-refractivity contribution in [1.29, 1.82) is 0 Å². The second-order valence-corrected chi connectivity index (χ2v) is 18.1. The number of aromatic nitrogens is 2. The third kappa shape index (κ3) is 10.5. The van der Waals surface area contributed by atoms with E-state index in [1.165, 1.54) is 13.8 Å². The zero-order chi connectivity index (χ0) is 43.5. The predicted octanol–water partition coefficient (Wildman–Crippen LogP) is 4.71. The number of fused-ring (bicyclic) bond motifs is 6. The number of aliphatic imine (C=N–C) groups is 1. The Morgan fingerprint density at radius 3 is 2.55 bits per heavy atom. The molecule has 328 valence electrons. The molecule has 0 aliphatic carbocycles. The highest BCUT2D eigenvalue weighted by atomic mass is 127. The van der Waals surface area contributed by atoms with Gasteiger partial charge in [-0.3, -0.25) is 29.1 Å². The summed E-state index contributed by atoms with van der Waals surface area (Å²) in [4.78, 5) is 70.5. The number of oxime groups is 1. The van der Waals surface area contributed by atoms with Gasteiger partial charge < -0.3 is 38.2 Å². The summed E-state index contributed by atoms with van der Waals surface area (Å²) < 4.78 is 36.1. The number of aliphatic hydroxyl groups is 1. The molecule has 0 aromatic carbocycles. The van der Waals surface area contributed by atoms with Crippen LogP contribution in [0.2, 0.25) is 0 Å². The first-order valence-electron chi connectivity index (χ1n) is 20.5. The largest absolute Gasteiger partial charge is 0.454 e. The van der Waals surface area contributed by atoms with E-state index in [4.69, 9.17) is 33.0 Å². The number of hydrogen-bond donors (Lipinski definition) is 1. The number of likely N-dealkylation sites (N-methyl/N-ethyl adjacent to an activating group) is 1. The lowest BCUT2D eigenvalue weighted by Crippen LogP contribution is -2.63. The molecule has 0 unspecified atom stereocenters. The lowest BCUT2D eigenvalue weighted by Gasteiger charge is -2.49. The van der Waals surface area contributed by atoms with Crippen molar-refractivity contribution in [1.82, 2.24) is 15.0 Å². The molecule has 4 saturated heterocycles. The van der Waals surface area contributed by atoms with Gasteiger partial charge in [-0.2, -0.15) is 0 Å². The van der Waals surface area contributed by atoms with Crippen LogP contribution in [0.25, 0.3) is 11.3 Å². The molecule has 2 bridgehead atoms. The molecule has 4 aliphatic heterocycles. The molecule has 18 heteroatoms. The minimum Gasteiger partial charge on any atom is -0.454 e. The summed E-state index contributed by atoms with van der Waals surface area (Å²) >= 11 is 1.88. The van der Waals surface area contributed by atoms with E-state index in [0.29, 0.717) is 35.7 Å². The van der Waals surface area contributed by atoms with Gasteiger partial charge in [0.05, 0.1) is 54.6 Å². The summed E-state index contributed by atoms with van der Waals surface area (Å²) in [6, 6.07) is 5.14. The van der Waals surface area contributed by atoms with Gasteiger partial charge in [0.15, 0.2) is 34.7 Å². The fraction of sp³-hybridized carbons (Fsp3) is 0.667. The van der Waals surface area contributed by atoms with Crippen molar-refractivity contribution in [2.45, 2.75) is 127 Å². The number of morpholine rings is 1. The van der Waals surface area contributed by atoms with Gasteiger partial charge >= 0.3 is 11.9 Å². The van der Waals surface area contributed by atoms with Crippen molar-refractivity contribution in [3.05, 3.63) is 36.3 Å². The number of aliphatic hydroxyl groups excluding tert-OH is 1. The molecule has 1 amide bonds. The number of pyridine rings is 1. The van der Waals surface area contributed by atoms with E-state index < -0.39 is 87.5 Å². The smallest absolute Gasteiger partial charge is 0.320 e. The van der Waals surface area contributed by atoms with Gasteiger partial charge in [-0.1, -0.05) is 31.1 Å². The number of Topliss-reactive ketones (excluding diaryl/α,β-unsaturated/α-hetero) is 1. The molecule has 2 aromatic heterocycles. The minimum absolute atomic E-state index is 0.0280. The summed E-state index contributed by atoms with van der Waals surface area (Å²) in [5.74, 6) is -5.37. The van der Waals surface area contributed by atoms with Crippen molar-refractivity contribution < 1.29 is 57.3 Å². The van der Waals surface area contributed by atoms with Gasteiger partial charge in [0.1, 0.15) is 12.0 Å². The number of carbonyl (C=O) groups is 4. The van der Waals surface area contributed by atoms with Crippen molar-refractivity contribution in [3.8, 4) is 11.3 Å². The average Bonchev–Trinajstić information content (AvgIpc) is 3.74. The molecule has 0 saturated carbocycles. The Labute approximate surface area is 363 Å². The predicted molar refractivity (Wildman–Crippen MR) is 223 cm³/mol. The van der Waals surface area contributed by atoms with Crippen LogP contribution < -0.4 is 0 Å². The fourth-order valence-electron chi connectivity index (χ4n) is 8.96. The van der Waals surface area contributed by atoms with Crippen LogP contribution in [0.5, 0.6) is 0 Å². The molecular formula is C42H56IN5O12. The lowest BCUT2D eigenvalue weighted by molar-refractivity contribution is -0.305. The fourth-order valence-corrected chi connectivity index (χ4v) is 9.74. The normalized spacial score (nSPS) is 37.6. The molecule has 17 nitrogen and oxygen atoms in total. The molecule has 6 rings (SSSR count). The maximum absolute atomic E-state index is 14.5. The number of hydrogen-bond acceptors (Lipinski definition) is 16. The van der Waals surface area contributed by atoms with E-state index in [0.717, 1.165) is 5.56 Å². The Bertz CT molecular complexity index is 1910. The standard InChI is InChI=1S/C42H56IN5O12/c1-21-16-42(7)38(58-41-37-31(15-22(2)56-41)48(8)18-33(50)57-37)24(4)35(51)25(5)40(53)59-39(43)36(52)30(23(3)34(21)46-26(6)49)12-11-29(19-54-42)47-55-20-28-10-9-27(17-44-28)32-13-14-45-60-32/h9-10,13-14,17,21-25,30-31,36-39,41,52H,11-12,15-16,18-20H2,1-8H3/b46-34?,47-29+/t21-,22-,23-,24+,25-,30-,31+,36+,37-,38-,39+,41+,42-/m1/s1. The van der Waals surface area contributed by atoms with Crippen molar-refractivity contribution >= 4 is 57.6 Å². The topological polar surface area (TPSA) is 211 Å². The zero-order valence-electron chi connectivity index (χ0n) is 35.3. The maximum Gasteiger partial charge on any atom is 0.320 e. The number of ether oxygens (including phenoxy) is 5. The number of ketones is 1. The van der Waals surface area contributed by atoms with E-state index in [2.05, 4.69) is 20.3 Å². The highest BCUT2D eigenvalue weighted by Gasteiger charge is 2.53. The van der Waals surface area contributed by atoms with Crippen LogP contribution in [-0.4, -0.2) is 122 Å². The van der Waals surface area contributed by atoms with Crippen LogP contribution in [0, 0.1) is 29.6 Å². The van der Waals surface area contributed by atoms with Gasteiger partial charge in [0.25, 0.3) is 0 Å². The molecule has 60 heavy (non-hydrogen) atoms. The number of cyclic esters (lactones) is 1. The summed E-state index contributed by atoms with van der Waals surface area (Å²) in [6.07, 6.45) is -0.0231. The molecule has 4 fully saturated rings. The van der Waals surface area contributed by atoms with Gasteiger partial charge in [-0.25, -0.2) is 4.99 Å². The Balaban J connectivity index is 1.42. The highest BCUT2D eigenvalue weighted by Crippen LogP contribution is 2.41. The number of alkyl halides is 1. The van der Waals surface area contributed by atoms with Gasteiger partial charge in [-0.05, 0) is 100 Å². The number of esters is 2. The number of amides is 1. The first-order valence-corrected chi connectivity index (χ1v) is 21.7. The first-order chi connectivity index (χ1) is 28.4. The summed E-state index contributed by atoms with van der Waals surface area (Å²) in [5, 5.41) is 20.2. The Morgan fingerprint density at radius 2 is 1.87 bits per heavy atom. The first kappa shape index (κ1) is 45.8. The number of nitrogens with zero attached hydrogens (tertiary/aromatic N) is 5. The summed E-state index contributed by atoms with van der Waals surface area (Å²) in [7, 11) is 1.85. The molecule has 2 aromatic rings. The van der Waals surface area contributed by atoms with Gasteiger partial charge in [-0.15, -0.1) is 0 Å². The quantitative estimate of drug-likeness (QED) is 0.137. The van der Waals surface area contributed by atoms with Crippen LogP contribution in [0.4, 0.5) is 0 Å². The number of halogens is 1. The van der Waals surface area contributed by atoms with Crippen molar-refractivity contribution in [2.75, 3.05) is 20.2 Å². The van der Waals surface area contributed by atoms with E-state index in [1.54, 1.807) is 31.5 Å². The monoisotopic (exact) mass is 949 g/mol. The van der Waals surface area contributed by atoms with Crippen LogP contribution in [-0.2, 0) is 54.3 Å². The second-order valence-electron chi connectivity index (χ2n) is 16.8. The molecule has 13 atom stereocenters. The molecular weight excluding hydrogens is 893 g/mol. The molecule has 6 heterocycles. The van der Waals surface area contributed by atoms with Crippen molar-refractivity contribution in [3.63, 3.8) is 0 Å². The molecule has 1 N–H and O–H groups in total. The summed E-state index contributed by atoms with van der Waals surface area (Å²) in [5.41, 5.74) is 0.979. The van der Waals surface area contributed by atoms with Crippen LogP contribution in [0.1, 0.15) is 79.8 Å². The van der Waals surface area contributed by atoms with Crippen LogP contribution in [0.3, 0.4) is 0 Å². The average molecular weight is 950 g/mol. The Morgan fingerprint density at radius 1 is 1.10 bits per heavy atom. The SMILES string of the molecule is CC(=O)N=C1[C@H](C)C[C@@]2(C)OC/C(=N/OCc3ccc(-c4ccno4)cn3)CC[C@@H]([C@H](O)[C@@H](I)OC(=O)[C@H](C)C(=O)[C@H](C)[C@H]2O[C@@H]2O[C@H](C)C[C@H]3[C@H]2OC(=O)CN3C)[C@H]1C. The Hall–Kier alpha value is -3.69. The van der Waals surface area contributed by atoms with Crippen LogP contribution in [0.15, 0.2) is 45.3 Å². The molecule has 0 spiro atoms. The van der Waals surface area contributed by atoms with Crippen molar-refractivity contribution in [2.24, 2.45) is 39.7 Å². The highest BCUT2D eigenvalue weighted by molar-refractivity contribution is 14.1. The number of rotatable bonds is 6. The van der Waals surface area contributed by atoms with Crippen LogP contribution >= 0.6 is 22.6 Å². The van der Waals surface area contributed by atoms with E-state index in [9.17, 15) is 24.3 Å². The van der Waals surface area contributed by atoms with E-state index in [-0.39, 0.29) is 44.7 Å². The second kappa shape index (κ2) is 19.6. The van der Waals surface area contributed by atoms with E-state index in [1.807, 2.05) is 68.3 Å². The third-order valence-corrected chi connectivity index (χ3v) is 13.2. The molecule has 0 radical (unpaired) electrons. The maximum atomic E-state index is 14.5. The summed E-state index contributed by atoms with van der Waals surface area (Å²) in [6.45, 7) is 12.1. The number of carbonyl (C=O) groups excluding carboxylic acids is 4.